The SMILES string of the molecule is Cl.Cl.Cn1c(=O)c2ccc(C(=O)N3CCNCC3c3cccnc3)nc2n(C)c1=O. The van der Waals surface area contributed by atoms with Crippen LogP contribution in [0.5, 0.6) is 0 Å². The second-order valence-corrected chi connectivity index (χ2v) is 6.78. The zero-order chi connectivity index (χ0) is 19.8. The molecule has 1 saturated heterocycles. The van der Waals surface area contributed by atoms with E-state index in [1.165, 1.54) is 18.7 Å². The molecule has 1 aliphatic heterocycles. The molecule has 3 aromatic rings. The van der Waals surface area contributed by atoms with E-state index in [2.05, 4.69) is 15.3 Å². The highest BCUT2D eigenvalue weighted by atomic mass is 35.5. The summed E-state index contributed by atoms with van der Waals surface area (Å²) in [5.41, 5.74) is 0.425. The summed E-state index contributed by atoms with van der Waals surface area (Å²) in [6.45, 7) is 1.81. The second kappa shape index (κ2) is 9.38. The number of carbonyl (C=O) groups excluding carboxylic acids is 1. The van der Waals surface area contributed by atoms with Crippen LogP contribution in [0.15, 0.2) is 46.2 Å². The summed E-state index contributed by atoms with van der Waals surface area (Å²) in [5.74, 6) is -0.245. The maximum Gasteiger partial charge on any atom is 0.332 e. The molecular weight excluding hydrogens is 431 g/mol. The first-order valence-corrected chi connectivity index (χ1v) is 8.97. The van der Waals surface area contributed by atoms with Crippen LogP contribution < -0.4 is 16.6 Å². The summed E-state index contributed by atoms with van der Waals surface area (Å²) in [4.78, 5) is 48.0. The van der Waals surface area contributed by atoms with Gasteiger partial charge < -0.3 is 10.2 Å². The van der Waals surface area contributed by atoms with Gasteiger partial charge in [0.1, 0.15) is 11.3 Å². The standard InChI is InChI=1S/C19H20N6O3.2ClH/c1-23-16-13(17(26)24(2)19(23)28)5-6-14(22-16)18(27)25-9-8-21-11-15(25)12-4-3-7-20-10-12;;/h3-7,10,15,21H,8-9,11H2,1-2H3;2*1H. The van der Waals surface area contributed by atoms with E-state index in [1.54, 1.807) is 29.4 Å². The minimum atomic E-state index is -0.481. The quantitative estimate of drug-likeness (QED) is 0.612. The fourth-order valence-corrected chi connectivity index (χ4v) is 3.54. The maximum atomic E-state index is 13.2. The number of aryl methyl sites for hydroxylation is 1. The van der Waals surface area contributed by atoms with E-state index in [0.717, 1.165) is 10.1 Å². The molecule has 1 atom stereocenters. The minimum absolute atomic E-state index is 0. The van der Waals surface area contributed by atoms with Crippen molar-refractivity contribution in [2.24, 2.45) is 14.1 Å². The van der Waals surface area contributed by atoms with Gasteiger partial charge in [0, 0.05) is 46.1 Å². The molecule has 0 saturated carbocycles. The minimum Gasteiger partial charge on any atom is -0.328 e. The van der Waals surface area contributed by atoms with Crippen LogP contribution in [0.3, 0.4) is 0 Å². The van der Waals surface area contributed by atoms with Crippen molar-refractivity contribution in [3.05, 3.63) is 68.8 Å². The van der Waals surface area contributed by atoms with Gasteiger partial charge in [-0.2, -0.15) is 0 Å². The van der Waals surface area contributed by atoms with Crippen molar-refractivity contribution >= 4 is 41.8 Å². The molecule has 1 unspecified atom stereocenters. The van der Waals surface area contributed by atoms with Crippen LogP contribution >= 0.6 is 24.8 Å². The third-order valence-electron chi connectivity index (χ3n) is 5.09. The molecular formula is C19H22Cl2N6O3. The topological polar surface area (TPSA) is 102 Å². The lowest BCUT2D eigenvalue weighted by atomic mass is 10.0. The van der Waals surface area contributed by atoms with Crippen LogP contribution in [0.2, 0.25) is 0 Å². The summed E-state index contributed by atoms with van der Waals surface area (Å²) in [7, 11) is 2.96. The zero-order valence-corrected chi connectivity index (χ0v) is 18.1. The van der Waals surface area contributed by atoms with Crippen molar-refractivity contribution in [2.45, 2.75) is 6.04 Å². The molecule has 160 valence electrons. The summed E-state index contributed by atoms with van der Waals surface area (Å²) in [5, 5.41) is 3.59. The largest absolute Gasteiger partial charge is 0.332 e. The van der Waals surface area contributed by atoms with Crippen LogP contribution in [0.25, 0.3) is 11.0 Å². The molecule has 0 radical (unpaired) electrons. The van der Waals surface area contributed by atoms with Crippen molar-refractivity contribution in [2.75, 3.05) is 19.6 Å². The van der Waals surface area contributed by atoms with Gasteiger partial charge in [-0.3, -0.25) is 23.7 Å². The number of halogens is 2. The van der Waals surface area contributed by atoms with Crippen molar-refractivity contribution in [3.8, 4) is 0 Å². The van der Waals surface area contributed by atoms with E-state index in [-0.39, 0.29) is 48.1 Å². The first-order valence-electron chi connectivity index (χ1n) is 8.97. The molecule has 9 nitrogen and oxygen atoms in total. The van der Waals surface area contributed by atoms with Crippen LogP contribution in [0, 0.1) is 0 Å². The van der Waals surface area contributed by atoms with Gasteiger partial charge in [-0.05, 0) is 23.8 Å². The van der Waals surface area contributed by atoms with Gasteiger partial charge >= 0.3 is 5.69 Å². The Morgan fingerprint density at radius 3 is 2.60 bits per heavy atom. The highest BCUT2D eigenvalue weighted by molar-refractivity contribution is 5.94. The number of nitrogens with zero attached hydrogens (tertiary/aromatic N) is 5. The highest BCUT2D eigenvalue weighted by Crippen LogP contribution is 2.23. The Morgan fingerprint density at radius 2 is 1.90 bits per heavy atom. The Kier molecular flexibility index (Phi) is 7.35. The fraction of sp³-hybridized carbons (Fsp3) is 0.316. The molecule has 11 heteroatoms. The molecule has 1 N–H and O–H groups in total. The summed E-state index contributed by atoms with van der Waals surface area (Å²) in [6.07, 6.45) is 3.44. The van der Waals surface area contributed by atoms with Gasteiger partial charge in [-0.1, -0.05) is 6.07 Å². The van der Waals surface area contributed by atoms with Crippen LogP contribution in [-0.2, 0) is 14.1 Å². The van der Waals surface area contributed by atoms with E-state index in [1.807, 2.05) is 12.1 Å². The maximum absolute atomic E-state index is 13.2. The number of hydrogen-bond acceptors (Lipinski definition) is 6. The molecule has 0 aliphatic carbocycles. The van der Waals surface area contributed by atoms with Gasteiger partial charge in [-0.15, -0.1) is 24.8 Å². The first kappa shape index (κ1) is 23.5. The fourth-order valence-electron chi connectivity index (χ4n) is 3.54. The van der Waals surface area contributed by atoms with Gasteiger partial charge in [0.25, 0.3) is 11.5 Å². The smallest absolute Gasteiger partial charge is 0.328 e. The van der Waals surface area contributed by atoms with E-state index in [9.17, 15) is 14.4 Å². The molecule has 4 heterocycles. The van der Waals surface area contributed by atoms with E-state index in [0.29, 0.717) is 25.0 Å². The lowest BCUT2D eigenvalue weighted by molar-refractivity contribution is 0.0628. The Balaban J connectivity index is 0.00000160. The number of piperazine rings is 1. The molecule has 1 amide bonds. The molecule has 4 rings (SSSR count). The first-order chi connectivity index (χ1) is 13.5. The average Bonchev–Trinajstić information content (AvgIpc) is 2.76. The third kappa shape index (κ3) is 3.96. The number of fused-ring (bicyclic) bond motifs is 1. The van der Waals surface area contributed by atoms with E-state index >= 15 is 0 Å². The molecule has 1 fully saturated rings. The number of aromatic nitrogens is 4. The van der Waals surface area contributed by atoms with Crippen molar-refractivity contribution in [3.63, 3.8) is 0 Å². The van der Waals surface area contributed by atoms with Crippen LogP contribution in [-0.4, -0.2) is 49.5 Å². The number of pyridine rings is 2. The van der Waals surface area contributed by atoms with Gasteiger partial charge in [0.15, 0.2) is 0 Å². The number of hydrogen-bond donors (Lipinski definition) is 1. The summed E-state index contributed by atoms with van der Waals surface area (Å²) < 4.78 is 2.31. The number of carbonyl (C=O) groups is 1. The normalized spacial score (nSPS) is 15.9. The lowest BCUT2D eigenvalue weighted by Crippen LogP contribution is -2.49. The predicted octanol–water partition coefficient (Wildman–Crippen LogP) is 0.657. The molecule has 0 bridgehead atoms. The van der Waals surface area contributed by atoms with E-state index < -0.39 is 11.2 Å². The second-order valence-electron chi connectivity index (χ2n) is 6.78. The molecule has 0 spiro atoms. The van der Waals surface area contributed by atoms with Crippen LogP contribution in [0.1, 0.15) is 22.1 Å². The average molecular weight is 453 g/mol. The Morgan fingerprint density at radius 1 is 1.13 bits per heavy atom. The highest BCUT2D eigenvalue weighted by Gasteiger charge is 2.29. The third-order valence-corrected chi connectivity index (χ3v) is 5.09. The van der Waals surface area contributed by atoms with Crippen LogP contribution in [0.4, 0.5) is 0 Å². The van der Waals surface area contributed by atoms with Gasteiger partial charge in [0.2, 0.25) is 0 Å². The number of amides is 1. The zero-order valence-electron chi connectivity index (χ0n) is 16.4. The predicted molar refractivity (Wildman–Crippen MR) is 118 cm³/mol. The monoisotopic (exact) mass is 452 g/mol. The summed E-state index contributed by atoms with van der Waals surface area (Å²) >= 11 is 0. The van der Waals surface area contributed by atoms with Gasteiger partial charge in [-0.25, -0.2) is 9.78 Å². The van der Waals surface area contributed by atoms with Crippen molar-refractivity contribution in [1.82, 2.24) is 29.3 Å². The molecule has 30 heavy (non-hydrogen) atoms. The molecule has 0 aromatic carbocycles. The number of nitrogens with one attached hydrogen (secondary N) is 1. The molecule has 1 aliphatic rings. The summed E-state index contributed by atoms with van der Waals surface area (Å²) in [6, 6.07) is 6.70. The molecule has 3 aromatic heterocycles. The van der Waals surface area contributed by atoms with Crippen molar-refractivity contribution < 1.29 is 4.79 Å². The number of rotatable bonds is 2. The van der Waals surface area contributed by atoms with Gasteiger partial charge in [0.05, 0.1) is 11.4 Å². The van der Waals surface area contributed by atoms with E-state index in [4.69, 9.17) is 0 Å². The van der Waals surface area contributed by atoms with Crippen molar-refractivity contribution in [1.29, 1.82) is 0 Å². The lowest BCUT2D eigenvalue weighted by Gasteiger charge is -2.36. The Bertz CT molecular complexity index is 1180. The Labute approximate surface area is 184 Å². The Hall–Kier alpha value is -2.75.